The molecule has 2 aromatic heterocycles. The molecule has 0 saturated carbocycles. The number of aromatic amines is 1. The molecule has 0 aliphatic rings. The SMILES string of the molecule is CCc1[nH]ncc1-c1ncnn1Cc1ccc(OC)cc1. The van der Waals surface area contributed by atoms with E-state index in [1.807, 2.05) is 28.9 Å². The van der Waals surface area contributed by atoms with Gasteiger partial charge >= 0.3 is 0 Å². The fourth-order valence-electron chi connectivity index (χ4n) is 2.27. The molecular formula is C15H17N5O. The van der Waals surface area contributed by atoms with Gasteiger partial charge in [-0.15, -0.1) is 0 Å². The Morgan fingerprint density at radius 3 is 2.76 bits per heavy atom. The van der Waals surface area contributed by atoms with Gasteiger partial charge in [-0.2, -0.15) is 10.2 Å². The number of benzene rings is 1. The topological polar surface area (TPSA) is 68.6 Å². The molecule has 0 bridgehead atoms. The number of hydrogen-bond donors (Lipinski definition) is 1. The Balaban J connectivity index is 1.88. The second kappa shape index (κ2) is 5.78. The van der Waals surface area contributed by atoms with Gasteiger partial charge in [0.15, 0.2) is 5.82 Å². The van der Waals surface area contributed by atoms with Crippen LogP contribution in [0.4, 0.5) is 0 Å². The number of ether oxygens (including phenoxy) is 1. The summed E-state index contributed by atoms with van der Waals surface area (Å²) in [4.78, 5) is 4.36. The minimum atomic E-state index is 0.660. The zero-order chi connectivity index (χ0) is 14.7. The summed E-state index contributed by atoms with van der Waals surface area (Å²) >= 11 is 0. The summed E-state index contributed by atoms with van der Waals surface area (Å²) in [7, 11) is 1.66. The molecule has 6 nitrogen and oxygen atoms in total. The van der Waals surface area contributed by atoms with E-state index in [1.165, 1.54) is 0 Å². The molecule has 0 fully saturated rings. The second-order valence-electron chi connectivity index (χ2n) is 4.71. The minimum Gasteiger partial charge on any atom is -0.497 e. The number of H-pyrrole nitrogens is 1. The van der Waals surface area contributed by atoms with E-state index in [-0.39, 0.29) is 0 Å². The summed E-state index contributed by atoms with van der Waals surface area (Å²) in [6.07, 6.45) is 4.25. The van der Waals surface area contributed by atoms with Crippen LogP contribution in [0.15, 0.2) is 36.8 Å². The molecular weight excluding hydrogens is 266 g/mol. The van der Waals surface area contributed by atoms with Gasteiger partial charge in [-0.3, -0.25) is 5.10 Å². The summed E-state index contributed by atoms with van der Waals surface area (Å²) in [6.45, 7) is 2.74. The summed E-state index contributed by atoms with van der Waals surface area (Å²) in [5, 5.41) is 11.4. The number of methoxy groups -OCH3 is 1. The molecule has 108 valence electrons. The van der Waals surface area contributed by atoms with Gasteiger partial charge in [0.2, 0.25) is 0 Å². The molecule has 2 heterocycles. The highest BCUT2D eigenvalue weighted by atomic mass is 16.5. The standard InChI is InChI=1S/C15H17N5O/c1-3-14-13(8-17-19-14)15-16-10-18-20(15)9-11-4-6-12(21-2)7-5-11/h4-8,10H,3,9H2,1-2H3,(H,17,19). The van der Waals surface area contributed by atoms with Crippen molar-refractivity contribution in [1.29, 1.82) is 0 Å². The summed E-state index contributed by atoms with van der Waals surface area (Å²) in [5.41, 5.74) is 3.21. The van der Waals surface area contributed by atoms with Crippen molar-refractivity contribution in [3.8, 4) is 17.1 Å². The fourth-order valence-corrected chi connectivity index (χ4v) is 2.27. The van der Waals surface area contributed by atoms with Crippen LogP contribution in [-0.4, -0.2) is 32.1 Å². The lowest BCUT2D eigenvalue weighted by Gasteiger charge is -2.07. The third kappa shape index (κ3) is 2.65. The van der Waals surface area contributed by atoms with Crippen LogP contribution in [0.25, 0.3) is 11.4 Å². The largest absolute Gasteiger partial charge is 0.497 e. The smallest absolute Gasteiger partial charge is 0.161 e. The van der Waals surface area contributed by atoms with Crippen molar-refractivity contribution in [2.75, 3.05) is 7.11 Å². The molecule has 0 amide bonds. The maximum absolute atomic E-state index is 5.17. The molecule has 0 radical (unpaired) electrons. The molecule has 0 atom stereocenters. The number of aryl methyl sites for hydroxylation is 1. The Bertz CT molecular complexity index is 714. The number of hydrogen-bond acceptors (Lipinski definition) is 4. The lowest BCUT2D eigenvalue weighted by molar-refractivity contribution is 0.414. The summed E-state index contributed by atoms with van der Waals surface area (Å²) < 4.78 is 7.05. The van der Waals surface area contributed by atoms with Gasteiger partial charge < -0.3 is 4.74 Å². The van der Waals surface area contributed by atoms with Gasteiger partial charge in [-0.1, -0.05) is 19.1 Å². The molecule has 6 heteroatoms. The molecule has 0 saturated heterocycles. The fraction of sp³-hybridized carbons (Fsp3) is 0.267. The predicted molar refractivity (Wildman–Crippen MR) is 79.1 cm³/mol. The quantitative estimate of drug-likeness (QED) is 0.780. The molecule has 0 aliphatic heterocycles. The summed E-state index contributed by atoms with van der Waals surface area (Å²) in [6, 6.07) is 7.95. The van der Waals surface area contributed by atoms with Crippen molar-refractivity contribution < 1.29 is 4.74 Å². The van der Waals surface area contributed by atoms with Gasteiger partial charge in [-0.25, -0.2) is 9.67 Å². The molecule has 0 spiro atoms. The number of nitrogens with zero attached hydrogens (tertiary/aromatic N) is 4. The Labute approximate surface area is 122 Å². The van der Waals surface area contributed by atoms with Crippen molar-refractivity contribution in [3.63, 3.8) is 0 Å². The van der Waals surface area contributed by atoms with E-state index in [1.54, 1.807) is 19.6 Å². The van der Waals surface area contributed by atoms with E-state index < -0.39 is 0 Å². The first-order chi connectivity index (χ1) is 10.3. The average molecular weight is 283 g/mol. The zero-order valence-corrected chi connectivity index (χ0v) is 12.1. The Kier molecular flexibility index (Phi) is 3.68. The average Bonchev–Trinajstić information content (AvgIpc) is 3.16. The van der Waals surface area contributed by atoms with Crippen molar-refractivity contribution >= 4 is 0 Å². The Morgan fingerprint density at radius 2 is 2.05 bits per heavy atom. The first-order valence-corrected chi connectivity index (χ1v) is 6.85. The van der Waals surface area contributed by atoms with Crippen LogP contribution in [0, 0.1) is 0 Å². The third-order valence-electron chi connectivity index (χ3n) is 3.42. The maximum atomic E-state index is 5.17. The first-order valence-electron chi connectivity index (χ1n) is 6.85. The molecule has 0 unspecified atom stereocenters. The molecule has 0 aliphatic carbocycles. The molecule has 3 aromatic rings. The lowest BCUT2D eigenvalue weighted by Crippen LogP contribution is -2.04. The molecule has 1 N–H and O–H groups in total. The third-order valence-corrected chi connectivity index (χ3v) is 3.42. The van der Waals surface area contributed by atoms with Crippen LogP contribution in [0.5, 0.6) is 5.75 Å². The lowest BCUT2D eigenvalue weighted by atomic mass is 10.2. The van der Waals surface area contributed by atoms with Gasteiger partial charge in [0.1, 0.15) is 12.1 Å². The number of aromatic nitrogens is 5. The van der Waals surface area contributed by atoms with Crippen LogP contribution in [0.3, 0.4) is 0 Å². The summed E-state index contributed by atoms with van der Waals surface area (Å²) in [5.74, 6) is 1.68. The van der Waals surface area contributed by atoms with Crippen molar-refractivity contribution in [2.45, 2.75) is 19.9 Å². The number of rotatable bonds is 5. The monoisotopic (exact) mass is 283 g/mol. The van der Waals surface area contributed by atoms with Crippen LogP contribution < -0.4 is 4.74 Å². The first kappa shape index (κ1) is 13.4. The van der Waals surface area contributed by atoms with Crippen molar-refractivity contribution in [1.82, 2.24) is 25.0 Å². The van der Waals surface area contributed by atoms with E-state index in [9.17, 15) is 0 Å². The second-order valence-corrected chi connectivity index (χ2v) is 4.71. The van der Waals surface area contributed by atoms with Crippen molar-refractivity contribution in [3.05, 3.63) is 48.0 Å². The van der Waals surface area contributed by atoms with Crippen LogP contribution in [0.1, 0.15) is 18.2 Å². The normalized spacial score (nSPS) is 10.8. The predicted octanol–water partition coefficient (Wildman–Crippen LogP) is 2.29. The van der Waals surface area contributed by atoms with Gasteiger partial charge in [0.05, 0.1) is 25.4 Å². The van der Waals surface area contributed by atoms with E-state index in [0.717, 1.165) is 34.8 Å². The van der Waals surface area contributed by atoms with E-state index in [2.05, 4.69) is 27.2 Å². The van der Waals surface area contributed by atoms with Gasteiger partial charge in [0.25, 0.3) is 0 Å². The zero-order valence-electron chi connectivity index (χ0n) is 12.1. The van der Waals surface area contributed by atoms with Crippen molar-refractivity contribution in [2.24, 2.45) is 0 Å². The highest BCUT2D eigenvalue weighted by molar-refractivity contribution is 5.57. The van der Waals surface area contributed by atoms with E-state index >= 15 is 0 Å². The Hall–Kier alpha value is -2.63. The Morgan fingerprint density at radius 1 is 1.24 bits per heavy atom. The molecule has 21 heavy (non-hydrogen) atoms. The minimum absolute atomic E-state index is 0.660. The van der Waals surface area contributed by atoms with Crippen LogP contribution in [0.2, 0.25) is 0 Å². The van der Waals surface area contributed by atoms with E-state index in [0.29, 0.717) is 6.54 Å². The molecule has 1 aromatic carbocycles. The highest BCUT2D eigenvalue weighted by Crippen LogP contribution is 2.21. The number of nitrogens with one attached hydrogen (secondary N) is 1. The van der Waals surface area contributed by atoms with E-state index in [4.69, 9.17) is 4.74 Å². The van der Waals surface area contributed by atoms with Crippen LogP contribution in [-0.2, 0) is 13.0 Å². The van der Waals surface area contributed by atoms with Gasteiger partial charge in [0, 0.05) is 5.69 Å². The van der Waals surface area contributed by atoms with Crippen LogP contribution >= 0.6 is 0 Å². The highest BCUT2D eigenvalue weighted by Gasteiger charge is 2.13. The van der Waals surface area contributed by atoms with Gasteiger partial charge in [-0.05, 0) is 24.1 Å². The maximum Gasteiger partial charge on any atom is 0.161 e. The molecule has 3 rings (SSSR count).